The number of nitrogens with one attached hydrogen (secondary N) is 2. The molecule has 2 aromatic rings. The number of hydrogen-bond acceptors (Lipinski definition) is 4. The second-order valence-corrected chi connectivity index (χ2v) is 5.27. The summed E-state index contributed by atoms with van der Waals surface area (Å²) in [5, 5.41) is 10.4. The zero-order chi connectivity index (χ0) is 14.5. The number of carbonyl (C=O) groups excluding carboxylic acids is 1. The highest BCUT2D eigenvalue weighted by atomic mass is 16.1. The lowest BCUT2D eigenvalue weighted by molar-refractivity contribution is -0.125. The van der Waals surface area contributed by atoms with Crippen LogP contribution in [0.3, 0.4) is 0 Å². The van der Waals surface area contributed by atoms with Crippen molar-refractivity contribution in [2.45, 2.75) is 19.4 Å². The minimum atomic E-state index is 0.0947. The van der Waals surface area contributed by atoms with E-state index in [0.717, 1.165) is 37.2 Å². The third-order valence-electron chi connectivity index (χ3n) is 3.73. The van der Waals surface area contributed by atoms with Gasteiger partial charge in [-0.15, -0.1) is 0 Å². The van der Waals surface area contributed by atoms with Crippen molar-refractivity contribution < 1.29 is 4.79 Å². The number of aromatic nitrogens is 3. The Hall–Kier alpha value is -2.21. The lowest BCUT2D eigenvalue weighted by Crippen LogP contribution is -2.40. The largest absolute Gasteiger partial charge is 0.352 e. The molecule has 0 bridgehead atoms. The lowest BCUT2D eigenvalue weighted by atomic mass is 9.99. The van der Waals surface area contributed by atoms with Crippen molar-refractivity contribution in [2.24, 2.45) is 5.92 Å². The van der Waals surface area contributed by atoms with Crippen molar-refractivity contribution in [3.63, 3.8) is 0 Å². The van der Waals surface area contributed by atoms with Crippen LogP contribution in [-0.4, -0.2) is 33.8 Å². The fourth-order valence-electron chi connectivity index (χ4n) is 2.56. The Morgan fingerprint density at radius 3 is 3.19 bits per heavy atom. The fourth-order valence-corrected chi connectivity index (χ4v) is 2.56. The van der Waals surface area contributed by atoms with Crippen molar-refractivity contribution in [1.82, 2.24) is 25.4 Å². The average molecular weight is 285 g/mol. The van der Waals surface area contributed by atoms with Gasteiger partial charge in [0.05, 0.1) is 11.6 Å². The number of amides is 1. The second kappa shape index (κ2) is 6.49. The van der Waals surface area contributed by atoms with Crippen LogP contribution < -0.4 is 10.6 Å². The maximum atomic E-state index is 12.1. The Labute approximate surface area is 123 Å². The van der Waals surface area contributed by atoms with E-state index in [1.165, 1.54) is 6.33 Å². The van der Waals surface area contributed by atoms with Crippen LogP contribution in [0.15, 0.2) is 36.9 Å². The fraction of sp³-hybridized carbons (Fsp3) is 0.400. The minimum Gasteiger partial charge on any atom is -0.352 e. The van der Waals surface area contributed by atoms with Crippen LogP contribution >= 0.6 is 0 Å². The van der Waals surface area contributed by atoms with Gasteiger partial charge in [-0.05, 0) is 37.1 Å². The van der Waals surface area contributed by atoms with E-state index in [1.807, 2.05) is 24.3 Å². The van der Waals surface area contributed by atoms with Gasteiger partial charge in [0.1, 0.15) is 12.7 Å². The molecule has 1 aliphatic rings. The number of hydrogen-bond donors (Lipinski definition) is 2. The number of piperidine rings is 1. The topological polar surface area (TPSA) is 71.8 Å². The highest BCUT2D eigenvalue weighted by molar-refractivity contribution is 5.78. The predicted molar refractivity (Wildman–Crippen MR) is 78.8 cm³/mol. The number of carbonyl (C=O) groups is 1. The maximum Gasteiger partial charge on any atom is 0.224 e. The van der Waals surface area contributed by atoms with E-state index in [4.69, 9.17) is 0 Å². The SMILES string of the molecule is O=C(NCc1cccc(-n2cncn2)c1)C1CCCNC1. The van der Waals surface area contributed by atoms with Crippen molar-refractivity contribution in [2.75, 3.05) is 13.1 Å². The summed E-state index contributed by atoms with van der Waals surface area (Å²) < 4.78 is 1.70. The van der Waals surface area contributed by atoms with Gasteiger partial charge in [-0.25, -0.2) is 9.67 Å². The lowest BCUT2D eigenvalue weighted by Gasteiger charge is -2.21. The summed E-state index contributed by atoms with van der Waals surface area (Å²) in [6.07, 6.45) is 5.20. The minimum absolute atomic E-state index is 0.0947. The van der Waals surface area contributed by atoms with Gasteiger partial charge in [0, 0.05) is 13.1 Å². The second-order valence-electron chi connectivity index (χ2n) is 5.27. The van der Waals surface area contributed by atoms with Crippen molar-refractivity contribution in [3.05, 3.63) is 42.5 Å². The van der Waals surface area contributed by atoms with Gasteiger partial charge in [0.2, 0.25) is 5.91 Å². The third kappa shape index (κ3) is 3.46. The van der Waals surface area contributed by atoms with Gasteiger partial charge >= 0.3 is 0 Å². The molecule has 0 aliphatic carbocycles. The molecule has 1 saturated heterocycles. The smallest absolute Gasteiger partial charge is 0.224 e. The standard InChI is InChI=1S/C15H19N5O/c21-15(13-4-2-6-16-9-13)18-8-12-3-1-5-14(7-12)20-11-17-10-19-20/h1,3,5,7,10-11,13,16H,2,4,6,8-9H2,(H,18,21). The van der Waals surface area contributed by atoms with Crippen molar-refractivity contribution >= 4 is 5.91 Å². The first-order chi connectivity index (χ1) is 10.3. The van der Waals surface area contributed by atoms with Crippen LogP contribution in [0.1, 0.15) is 18.4 Å². The molecule has 0 spiro atoms. The molecule has 2 heterocycles. The molecule has 1 aromatic carbocycles. The first-order valence-corrected chi connectivity index (χ1v) is 7.25. The molecule has 1 unspecified atom stereocenters. The van der Waals surface area contributed by atoms with E-state index in [0.29, 0.717) is 6.54 Å². The van der Waals surface area contributed by atoms with Crippen LogP contribution in [-0.2, 0) is 11.3 Å². The van der Waals surface area contributed by atoms with Crippen LogP contribution in [0, 0.1) is 5.92 Å². The van der Waals surface area contributed by atoms with Gasteiger partial charge in [-0.2, -0.15) is 5.10 Å². The molecule has 1 aromatic heterocycles. The number of benzene rings is 1. The highest BCUT2D eigenvalue weighted by Crippen LogP contribution is 2.12. The normalized spacial score (nSPS) is 18.4. The summed E-state index contributed by atoms with van der Waals surface area (Å²) >= 11 is 0. The quantitative estimate of drug-likeness (QED) is 0.875. The molecule has 2 N–H and O–H groups in total. The summed E-state index contributed by atoms with van der Waals surface area (Å²) in [7, 11) is 0. The van der Waals surface area contributed by atoms with Gasteiger partial charge < -0.3 is 10.6 Å². The zero-order valence-electron chi connectivity index (χ0n) is 11.8. The van der Waals surface area contributed by atoms with Gasteiger partial charge in [-0.3, -0.25) is 4.79 Å². The summed E-state index contributed by atoms with van der Waals surface area (Å²) in [6.45, 7) is 2.34. The molecule has 1 fully saturated rings. The van der Waals surface area contributed by atoms with Gasteiger partial charge in [-0.1, -0.05) is 12.1 Å². The molecule has 0 saturated carbocycles. The van der Waals surface area contributed by atoms with E-state index >= 15 is 0 Å². The molecule has 1 aliphatic heterocycles. The van der Waals surface area contributed by atoms with Gasteiger partial charge in [0.15, 0.2) is 0 Å². The molecule has 21 heavy (non-hydrogen) atoms. The Balaban J connectivity index is 1.60. The summed E-state index contributed by atoms with van der Waals surface area (Å²) in [4.78, 5) is 16.0. The van der Waals surface area contributed by atoms with E-state index in [1.54, 1.807) is 11.0 Å². The van der Waals surface area contributed by atoms with Crippen LogP contribution in [0.2, 0.25) is 0 Å². The summed E-state index contributed by atoms with van der Waals surface area (Å²) in [6, 6.07) is 7.93. The molecule has 0 radical (unpaired) electrons. The zero-order valence-corrected chi connectivity index (χ0v) is 11.8. The summed E-state index contributed by atoms with van der Waals surface area (Å²) in [5.41, 5.74) is 2.00. The predicted octanol–water partition coefficient (Wildman–Crippen LogP) is 0.883. The van der Waals surface area contributed by atoms with E-state index < -0.39 is 0 Å². The Morgan fingerprint density at radius 1 is 1.48 bits per heavy atom. The maximum absolute atomic E-state index is 12.1. The molecule has 3 rings (SSSR count). The van der Waals surface area contributed by atoms with E-state index in [-0.39, 0.29) is 11.8 Å². The highest BCUT2D eigenvalue weighted by Gasteiger charge is 2.20. The molecular weight excluding hydrogens is 266 g/mol. The third-order valence-corrected chi connectivity index (χ3v) is 3.73. The van der Waals surface area contributed by atoms with Crippen LogP contribution in [0.25, 0.3) is 5.69 Å². The number of nitrogens with zero attached hydrogens (tertiary/aromatic N) is 3. The van der Waals surface area contributed by atoms with Crippen molar-refractivity contribution in [3.8, 4) is 5.69 Å². The average Bonchev–Trinajstić information content (AvgIpc) is 3.08. The molecule has 6 nitrogen and oxygen atoms in total. The van der Waals surface area contributed by atoms with Crippen molar-refractivity contribution in [1.29, 1.82) is 0 Å². The van der Waals surface area contributed by atoms with Gasteiger partial charge in [0.25, 0.3) is 0 Å². The molecular formula is C15H19N5O. The first-order valence-electron chi connectivity index (χ1n) is 7.25. The monoisotopic (exact) mass is 285 g/mol. The summed E-state index contributed by atoms with van der Waals surface area (Å²) in [5.74, 6) is 0.227. The Bertz CT molecular complexity index is 590. The van der Waals surface area contributed by atoms with Crippen LogP contribution in [0.4, 0.5) is 0 Å². The first kappa shape index (κ1) is 13.8. The van der Waals surface area contributed by atoms with E-state index in [9.17, 15) is 4.79 Å². The number of rotatable bonds is 4. The molecule has 6 heteroatoms. The van der Waals surface area contributed by atoms with Crippen LogP contribution in [0.5, 0.6) is 0 Å². The molecule has 110 valence electrons. The van der Waals surface area contributed by atoms with E-state index in [2.05, 4.69) is 20.7 Å². The molecule has 1 atom stereocenters. The molecule has 1 amide bonds. The Kier molecular flexibility index (Phi) is 4.25. The Morgan fingerprint density at radius 2 is 2.43 bits per heavy atom.